The number of nitrogens with one attached hydrogen (secondary N) is 2. The molecule has 5 rings (SSSR count). The molecule has 2 aromatic carbocycles. The molecule has 32 heavy (non-hydrogen) atoms. The van der Waals surface area contributed by atoms with E-state index >= 15 is 0 Å². The number of nitrogens with zero attached hydrogens (tertiary/aromatic N) is 2. The highest BCUT2D eigenvalue weighted by molar-refractivity contribution is 7.79. The van der Waals surface area contributed by atoms with Crippen molar-refractivity contribution in [2.45, 2.75) is 25.0 Å². The first-order valence-corrected chi connectivity index (χ1v) is 12.6. The van der Waals surface area contributed by atoms with Gasteiger partial charge in [-0.3, -0.25) is 4.98 Å². The average molecular weight is 481 g/mol. The minimum Gasteiger partial charge on any atom is -0.366 e. The van der Waals surface area contributed by atoms with E-state index in [-0.39, 0.29) is 18.4 Å². The zero-order chi connectivity index (χ0) is 21.8. The number of rotatable bonds is 9. The fourth-order valence-corrected chi connectivity index (χ4v) is 5.25. The number of ether oxygens (including phenoxy) is 2. The summed E-state index contributed by atoms with van der Waals surface area (Å²) in [5.41, 5.74) is 4.16. The van der Waals surface area contributed by atoms with Crippen molar-refractivity contribution in [2.24, 2.45) is 0 Å². The average Bonchev–Trinajstić information content (AvgIpc) is 3.45. The van der Waals surface area contributed by atoms with Crippen LogP contribution in [0.4, 0.5) is 16.5 Å². The summed E-state index contributed by atoms with van der Waals surface area (Å²) in [6.07, 6.45) is 3.05. The highest BCUT2D eigenvalue weighted by Gasteiger charge is 2.47. The van der Waals surface area contributed by atoms with Gasteiger partial charge in [-0.1, -0.05) is 42.5 Å². The van der Waals surface area contributed by atoms with E-state index in [1.807, 2.05) is 42.5 Å². The van der Waals surface area contributed by atoms with Crippen molar-refractivity contribution in [1.82, 2.24) is 9.97 Å². The number of anilines is 3. The van der Waals surface area contributed by atoms with Crippen molar-refractivity contribution < 1.29 is 9.47 Å². The predicted octanol–water partition coefficient (Wildman–Crippen LogP) is 6.17. The molecule has 3 atom stereocenters. The van der Waals surface area contributed by atoms with E-state index in [9.17, 15) is 0 Å². The van der Waals surface area contributed by atoms with Gasteiger partial charge in [0, 0.05) is 23.8 Å². The predicted molar refractivity (Wildman–Crippen MR) is 131 cm³/mol. The third-order valence-electron chi connectivity index (χ3n) is 4.95. The van der Waals surface area contributed by atoms with Crippen molar-refractivity contribution >= 4 is 49.4 Å². The van der Waals surface area contributed by atoms with Crippen molar-refractivity contribution in [3.8, 4) is 0 Å². The van der Waals surface area contributed by atoms with E-state index in [1.54, 1.807) is 12.4 Å². The summed E-state index contributed by atoms with van der Waals surface area (Å²) < 4.78 is 12.9. The van der Waals surface area contributed by atoms with Crippen molar-refractivity contribution in [3.63, 3.8) is 0 Å². The van der Waals surface area contributed by atoms with Gasteiger partial charge in [0.25, 0.3) is 0 Å². The summed E-state index contributed by atoms with van der Waals surface area (Å²) in [6, 6.07) is 22.3. The van der Waals surface area contributed by atoms with Gasteiger partial charge in [-0.25, -0.2) is 0 Å². The van der Waals surface area contributed by atoms with E-state index in [0.717, 1.165) is 27.6 Å². The number of hydrogen-bond acceptors (Lipinski definition) is 9. The second kappa shape index (κ2) is 9.85. The first-order valence-electron chi connectivity index (χ1n) is 10.1. The maximum absolute atomic E-state index is 6.34. The lowest BCUT2D eigenvalue weighted by Crippen LogP contribution is -2.17. The molecule has 1 saturated heterocycles. The van der Waals surface area contributed by atoms with E-state index in [1.165, 1.54) is 20.7 Å². The Kier molecular flexibility index (Phi) is 6.51. The number of pyridine rings is 1. The molecule has 3 unspecified atom stereocenters. The first-order chi connectivity index (χ1) is 15.7. The van der Waals surface area contributed by atoms with Gasteiger partial charge in [-0.15, -0.1) is 0 Å². The normalized spacial score (nSPS) is 18.1. The van der Waals surface area contributed by atoms with Crippen LogP contribution in [0.5, 0.6) is 0 Å². The Hall–Kier alpha value is -2.69. The molecule has 3 heterocycles. The highest BCUT2D eigenvalue weighted by atomic mass is 32.9. The van der Waals surface area contributed by atoms with Crippen LogP contribution in [0.1, 0.15) is 17.2 Å². The van der Waals surface area contributed by atoms with Gasteiger partial charge in [0.15, 0.2) is 15.3 Å². The van der Waals surface area contributed by atoms with Gasteiger partial charge in [0.2, 0.25) is 0 Å². The minimum absolute atomic E-state index is 0.111. The maximum atomic E-state index is 6.34. The molecule has 2 aromatic heterocycles. The van der Waals surface area contributed by atoms with Crippen LogP contribution in [0, 0.1) is 3.95 Å². The molecular weight excluding hydrogens is 460 g/mol. The maximum Gasteiger partial charge on any atom is 0.196 e. The molecular formula is C23H20N4O2S3. The Morgan fingerprint density at radius 2 is 1.72 bits per heavy atom. The Morgan fingerprint density at radius 1 is 0.969 bits per heavy atom. The highest BCUT2D eigenvalue weighted by Crippen LogP contribution is 2.39. The molecule has 6 nitrogen and oxygen atoms in total. The summed E-state index contributed by atoms with van der Waals surface area (Å²) in [4.78, 5) is 8.36. The first kappa shape index (κ1) is 21.2. The Labute approximate surface area is 198 Å². The number of epoxide rings is 1. The molecule has 0 spiro atoms. The Morgan fingerprint density at radius 3 is 2.44 bits per heavy atom. The fourth-order valence-electron chi connectivity index (χ4n) is 3.34. The monoisotopic (exact) mass is 480 g/mol. The van der Waals surface area contributed by atoms with Crippen LogP contribution in [-0.2, 0) is 16.1 Å². The van der Waals surface area contributed by atoms with Gasteiger partial charge < -0.3 is 20.1 Å². The third kappa shape index (κ3) is 5.37. The number of benzene rings is 2. The lowest BCUT2D eigenvalue weighted by atomic mass is 10.1. The lowest BCUT2D eigenvalue weighted by Gasteiger charge is -2.17. The van der Waals surface area contributed by atoms with E-state index < -0.39 is 0 Å². The molecule has 0 radical (unpaired) electrons. The van der Waals surface area contributed by atoms with Crippen LogP contribution in [0.25, 0.3) is 0 Å². The minimum atomic E-state index is -0.214. The molecule has 4 aromatic rings. The lowest BCUT2D eigenvalue weighted by molar-refractivity contribution is 0.0203. The number of aromatic nitrogens is 2. The summed E-state index contributed by atoms with van der Waals surface area (Å²) in [7, 11) is 3.00. The Bertz CT molecular complexity index is 1200. The number of hydrogen-bond donors (Lipinski definition) is 2. The molecule has 1 fully saturated rings. The second-order valence-electron chi connectivity index (χ2n) is 7.22. The van der Waals surface area contributed by atoms with Crippen LogP contribution in [0.2, 0.25) is 0 Å². The molecule has 0 amide bonds. The molecule has 0 saturated carbocycles. The third-order valence-corrected chi connectivity index (χ3v) is 7.49. The van der Waals surface area contributed by atoms with Crippen molar-refractivity contribution in [1.29, 1.82) is 0 Å². The molecule has 2 N–H and O–H groups in total. The summed E-state index contributed by atoms with van der Waals surface area (Å²) >= 11 is 5.12. The van der Waals surface area contributed by atoms with Crippen LogP contribution in [0.3, 0.4) is 0 Å². The smallest absolute Gasteiger partial charge is 0.196 e. The fraction of sp³-hybridized carbons (Fsp3) is 0.174. The summed E-state index contributed by atoms with van der Waals surface area (Å²) in [6.45, 7) is 0.505. The molecule has 0 bridgehead atoms. The molecule has 0 aliphatic carbocycles. The van der Waals surface area contributed by atoms with E-state index in [4.69, 9.17) is 21.7 Å². The van der Waals surface area contributed by atoms with Crippen molar-refractivity contribution in [2.75, 3.05) is 10.6 Å². The standard InChI is InChI=1S/C23H20N4O2S3/c30-23-27-22(31-32-23)26-21-20(29-21)19(28-14-15-4-2-1-3-5-15)16-6-8-17(9-7-16)25-18-10-12-24-13-11-18/h1-13,19-21H,14H2,(H,24,25)(H,26,27,30). The SMILES string of the molecule is S=c1nc(NC2OC2C(OCc2ccccc2)c2ccc(Nc3ccncc3)cc2)ss1. The largest absolute Gasteiger partial charge is 0.366 e. The van der Waals surface area contributed by atoms with Gasteiger partial charge in [-0.2, -0.15) is 4.98 Å². The van der Waals surface area contributed by atoms with Crippen LogP contribution in [0.15, 0.2) is 79.1 Å². The summed E-state index contributed by atoms with van der Waals surface area (Å²) in [5, 5.41) is 7.47. The van der Waals surface area contributed by atoms with Crippen LogP contribution in [-0.4, -0.2) is 22.3 Å². The van der Waals surface area contributed by atoms with Crippen LogP contribution >= 0.6 is 32.9 Å². The van der Waals surface area contributed by atoms with Crippen LogP contribution < -0.4 is 10.6 Å². The topological polar surface area (TPSA) is 71.6 Å². The Balaban J connectivity index is 1.30. The van der Waals surface area contributed by atoms with Gasteiger partial charge in [0.05, 0.1) is 6.61 Å². The molecule has 162 valence electrons. The molecule has 9 heteroatoms. The van der Waals surface area contributed by atoms with Gasteiger partial charge in [-0.05, 0) is 68.3 Å². The molecule has 1 aliphatic rings. The zero-order valence-corrected chi connectivity index (χ0v) is 19.3. The van der Waals surface area contributed by atoms with E-state index in [0.29, 0.717) is 10.6 Å². The quantitative estimate of drug-likeness (QED) is 0.169. The van der Waals surface area contributed by atoms with Gasteiger partial charge >= 0.3 is 0 Å². The summed E-state index contributed by atoms with van der Waals surface area (Å²) in [5.74, 6) is 0. The van der Waals surface area contributed by atoms with Gasteiger partial charge in [0.1, 0.15) is 12.2 Å². The second-order valence-corrected chi connectivity index (χ2v) is 9.97. The van der Waals surface area contributed by atoms with E-state index in [2.05, 4.69) is 44.9 Å². The zero-order valence-electron chi connectivity index (χ0n) is 16.9. The van der Waals surface area contributed by atoms with Crippen molar-refractivity contribution in [3.05, 3.63) is 94.2 Å². The molecule has 1 aliphatic heterocycles.